The molecular formula is C22H21ClN2O5. The van der Waals surface area contributed by atoms with Crippen LogP contribution in [0, 0.1) is 6.92 Å². The lowest BCUT2D eigenvalue weighted by atomic mass is 10.1. The lowest BCUT2D eigenvalue weighted by Gasteiger charge is -2.26. The molecule has 0 radical (unpaired) electrons. The third-order valence-corrected chi connectivity index (χ3v) is 4.66. The minimum Gasteiger partial charge on any atom is -0.493 e. The van der Waals surface area contributed by atoms with Crippen molar-refractivity contribution in [2.75, 3.05) is 18.6 Å². The van der Waals surface area contributed by atoms with Gasteiger partial charge in [0.2, 0.25) is 0 Å². The number of barbiturate groups is 1. The first kappa shape index (κ1) is 21.4. The SMILES string of the molecule is CCCOc1c(Cl)cc(/C=C2\C(=O)NC(=O)N(c3cccc(C)c3)C2=O)cc1OC. The Balaban J connectivity index is 2.01. The number of ether oxygens (including phenoxy) is 2. The molecular weight excluding hydrogens is 408 g/mol. The second-order valence-electron chi connectivity index (χ2n) is 6.68. The molecule has 2 aromatic carbocycles. The normalized spacial score (nSPS) is 15.4. The highest BCUT2D eigenvalue weighted by molar-refractivity contribution is 6.39. The molecule has 0 saturated carbocycles. The lowest BCUT2D eigenvalue weighted by Crippen LogP contribution is -2.54. The molecule has 3 rings (SSSR count). The van der Waals surface area contributed by atoms with E-state index in [2.05, 4.69) is 5.32 Å². The summed E-state index contributed by atoms with van der Waals surface area (Å²) in [5, 5.41) is 2.48. The molecule has 0 aromatic heterocycles. The van der Waals surface area contributed by atoms with E-state index in [-0.39, 0.29) is 10.6 Å². The minimum atomic E-state index is -0.799. The number of nitrogens with zero attached hydrogens (tertiary/aromatic N) is 1. The van der Waals surface area contributed by atoms with Crippen LogP contribution in [-0.4, -0.2) is 31.6 Å². The molecule has 1 heterocycles. The van der Waals surface area contributed by atoms with E-state index in [0.717, 1.165) is 16.9 Å². The first-order valence-electron chi connectivity index (χ1n) is 9.34. The standard InChI is InChI=1S/C22H21ClN2O5/c1-4-8-30-19-17(23)11-14(12-18(19)29-3)10-16-20(26)24-22(28)25(21(16)27)15-7-5-6-13(2)9-15/h5-7,9-12H,4,8H2,1-3H3,(H,24,26,28)/b16-10+. The van der Waals surface area contributed by atoms with E-state index in [1.54, 1.807) is 30.3 Å². The molecule has 1 aliphatic heterocycles. The number of hydrogen-bond acceptors (Lipinski definition) is 5. The van der Waals surface area contributed by atoms with Gasteiger partial charge in [0, 0.05) is 0 Å². The summed E-state index contributed by atoms with van der Waals surface area (Å²) in [4.78, 5) is 38.6. The largest absolute Gasteiger partial charge is 0.493 e. The number of halogens is 1. The molecule has 8 heteroatoms. The van der Waals surface area contributed by atoms with E-state index in [1.807, 2.05) is 19.9 Å². The first-order valence-corrected chi connectivity index (χ1v) is 9.72. The van der Waals surface area contributed by atoms with Gasteiger partial charge in [0.15, 0.2) is 11.5 Å². The average molecular weight is 429 g/mol. The summed E-state index contributed by atoms with van der Waals surface area (Å²) >= 11 is 6.32. The fourth-order valence-corrected chi connectivity index (χ4v) is 3.27. The van der Waals surface area contributed by atoms with Crippen LogP contribution in [0.2, 0.25) is 5.02 Å². The van der Waals surface area contributed by atoms with Crippen molar-refractivity contribution in [3.8, 4) is 11.5 Å². The van der Waals surface area contributed by atoms with Crippen molar-refractivity contribution in [2.45, 2.75) is 20.3 Å². The molecule has 1 aliphatic rings. The Bertz CT molecular complexity index is 1050. The Hall–Kier alpha value is -3.32. The number of methoxy groups -OCH3 is 1. The second-order valence-corrected chi connectivity index (χ2v) is 7.09. The molecule has 1 saturated heterocycles. The summed E-state index contributed by atoms with van der Waals surface area (Å²) in [6, 6.07) is 9.25. The van der Waals surface area contributed by atoms with Gasteiger partial charge in [0.1, 0.15) is 5.57 Å². The number of imide groups is 2. The molecule has 30 heavy (non-hydrogen) atoms. The quantitative estimate of drug-likeness (QED) is 0.552. The average Bonchev–Trinajstić information content (AvgIpc) is 2.70. The molecule has 4 amide bonds. The summed E-state index contributed by atoms with van der Waals surface area (Å²) in [6.45, 7) is 4.27. The van der Waals surface area contributed by atoms with E-state index < -0.39 is 17.8 Å². The zero-order chi connectivity index (χ0) is 21.8. The van der Waals surface area contributed by atoms with Gasteiger partial charge in [-0.05, 0) is 54.8 Å². The van der Waals surface area contributed by atoms with Crippen LogP contribution in [0.5, 0.6) is 11.5 Å². The van der Waals surface area contributed by atoms with Gasteiger partial charge in [0.25, 0.3) is 11.8 Å². The van der Waals surface area contributed by atoms with Crippen LogP contribution in [-0.2, 0) is 9.59 Å². The van der Waals surface area contributed by atoms with Crippen molar-refractivity contribution in [1.29, 1.82) is 0 Å². The number of anilines is 1. The van der Waals surface area contributed by atoms with Gasteiger partial charge in [0.05, 0.1) is 24.4 Å². The van der Waals surface area contributed by atoms with E-state index in [4.69, 9.17) is 21.1 Å². The highest BCUT2D eigenvalue weighted by Gasteiger charge is 2.36. The van der Waals surface area contributed by atoms with E-state index in [1.165, 1.54) is 13.2 Å². The molecule has 2 aromatic rings. The second kappa shape index (κ2) is 9.00. The number of rotatable bonds is 6. The van der Waals surface area contributed by atoms with Gasteiger partial charge in [-0.3, -0.25) is 14.9 Å². The molecule has 0 aliphatic carbocycles. The molecule has 7 nitrogen and oxygen atoms in total. The fraction of sp³-hybridized carbons (Fsp3) is 0.227. The van der Waals surface area contributed by atoms with E-state index >= 15 is 0 Å². The monoisotopic (exact) mass is 428 g/mol. The molecule has 0 bridgehead atoms. The summed E-state index contributed by atoms with van der Waals surface area (Å²) < 4.78 is 11.0. The number of nitrogens with one attached hydrogen (secondary N) is 1. The molecule has 0 spiro atoms. The van der Waals surface area contributed by atoms with Crippen LogP contribution in [0.1, 0.15) is 24.5 Å². The molecule has 1 fully saturated rings. The van der Waals surface area contributed by atoms with Gasteiger partial charge in [-0.1, -0.05) is 30.7 Å². The summed E-state index contributed by atoms with van der Waals surface area (Å²) in [6.07, 6.45) is 2.16. The number of aryl methyl sites for hydroxylation is 1. The van der Waals surface area contributed by atoms with Gasteiger partial charge in [-0.25, -0.2) is 9.69 Å². The Morgan fingerprint density at radius 2 is 1.93 bits per heavy atom. The maximum Gasteiger partial charge on any atom is 0.335 e. The number of benzene rings is 2. The van der Waals surface area contributed by atoms with E-state index in [0.29, 0.717) is 29.4 Å². The topological polar surface area (TPSA) is 84.9 Å². The number of carbonyl (C=O) groups excluding carboxylic acids is 3. The molecule has 156 valence electrons. The van der Waals surface area contributed by atoms with Gasteiger partial charge in [-0.2, -0.15) is 0 Å². The highest BCUT2D eigenvalue weighted by atomic mass is 35.5. The third-order valence-electron chi connectivity index (χ3n) is 4.37. The van der Waals surface area contributed by atoms with E-state index in [9.17, 15) is 14.4 Å². The van der Waals surface area contributed by atoms with Crippen molar-refractivity contribution in [2.24, 2.45) is 0 Å². The minimum absolute atomic E-state index is 0.198. The maximum absolute atomic E-state index is 13.0. The van der Waals surface area contributed by atoms with Gasteiger partial charge >= 0.3 is 6.03 Å². The fourth-order valence-electron chi connectivity index (χ4n) is 2.99. The van der Waals surface area contributed by atoms with Crippen LogP contribution in [0.25, 0.3) is 6.08 Å². The lowest BCUT2D eigenvalue weighted by molar-refractivity contribution is -0.122. The van der Waals surface area contributed by atoms with Crippen LogP contribution in [0.3, 0.4) is 0 Å². The van der Waals surface area contributed by atoms with Crippen molar-refractivity contribution >= 4 is 41.2 Å². The smallest absolute Gasteiger partial charge is 0.335 e. The van der Waals surface area contributed by atoms with Crippen LogP contribution in [0.15, 0.2) is 42.0 Å². The Kier molecular flexibility index (Phi) is 6.42. The predicted octanol–water partition coefficient (Wildman–Crippen LogP) is 4.11. The maximum atomic E-state index is 13.0. The van der Waals surface area contributed by atoms with Crippen molar-refractivity contribution in [1.82, 2.24) is 5.32 Å². The zero-order valence-electron chi connectivity index (χ0n) is 16.8. The summed E-state index contributed by atoms with van der Waals surface area (Å²) in [5.41, 5.74) is 1.50. The Morgan fingerprint density at radius 1 is 1.17 bits per heavy atom. The number of urea groups is 1. The molecule has 1 N–H and O–H groups in total. The first-order chi connectivity index (χ1) is 14.3. The van der Waals surface area contributed by atoms with Crippen molar-refractivity contribution in [3.63, 3.8) is 0 Å². The van der Waals surface area contributed by atoms with Crippen LogP contribution >= 0.6 is 11.6 Å². The number of carbonyl (C=O) groups is 3. The number of hydrogen-bond donors (Lipinski definition) is 1. The molecule has 0 atom stereocenters. The third kappa shape index (κ3) is 4.31. The Morgan fingerprint density at radius 3 is 2.60 bits per heavy atom. The van der Waals surface area contributed by atoms with Crippen molar-refractivity contribution < 1.29 is 23.9 Å². The highest BCUT2D eigenvalue weighted by Crippen LogP contribution is 2.37. The van der Waals surface area contributed by atoms with Crippen LogP contribution < -0.4 is 19.7 Å². The summed E-state index contributed by atoms with van der Waals surface area (Å²) in [5.74, 6) is -0.747. The van der Waals surface area contributed by atoms with Gasteiger partial charge < -0.3 is 9.47 Å². The predicted molar refractivity (Wildman–Crippen MR) is 114 cm³/mol. The number of amides is 4. The van der Waals surface area contributed by atoms with Crippen LogP contribution in [0.4, 0.5) is 10.5 Å². The van der Waals surface area contributed by atoms with Crippen molar-refractivity contribution in [3.05, 3.63) is 58.1 Å². The zero-order valence-corrected chi connectivity index (χ0v) is 17.6. The van der Waals surface area contributed by atoms with Gasteiger partial charge in [-0.15, -0.1) is 0 Å². The molecule has 0 unspecified atom stereocenters. The summed E-state index contributed by atoms with van der Waals surface area (Å²) in [7, 11) is 1.47. The Labute approximate surface area is 179 Å².